The first kappa shape index (κ1) is 16.2. The number of rotatable bonds is 6. The van der Waals surface area contributed by atoms with E-state index < -0.39 is 24.5 Å². The molecule has 1 unspecified atom stereocenters. The van der Waals surface area contributed by atoms with E-state index in [4.69, 9.17) is 39.5 Å². The number of ether oxygens (including phenoxy) is 1. The average molecular weight is 316 g/mol. The predicted octanol–water partition coefficient (Wildman–Crippen LogP) is 1.96. The quantitative estimate of drug-likeness (QED) is 0.787. The second kappa shape index (κ2) is 7.63. The summed E-state index contributed by atoms with van der Waals surface area (Å²) < 4.78 is 5.17. The molecule has 2 N–H and O–H groups in total. The van der Waals surface area contributed by atoms with E-state index >= 15 is 0 Å². The van der Waals surface area contributed by atoms with Gasteiger partial charge in [-0.1, -0.05) is 23.2 Å². The van der Waals surface area contributed by atoms with Crippen molar-refractivity contribution in [1.82, 2.24) is 5.32 Å². The first-order valence-corrected chi connectivity index (χ1v) is 6.23. The van der Waals surface area contributed by atoms with Crippen LogP contribution >= 0.6 is 23.2 Å². The van der Waals surface area contributed by atoms with Crippen LogP contribution in [0.15, 0.2) is 18.2 Å². The third-order valence-corrected chi connectivity index (χ3v) is 2.75. The molecule has 0 aromatic heterocycles. The Morgan fingerprint density at radius 3 is 2.75 bits per heavy atom. The van der Waals surface area contributed by atoms with Gasteiger partial charge in [0.1, 0.15) is 11.8 Å². The van der Waals surface area contributed by atoms with Crippen molar-refractivity contribution in [2.24, 2.45) is 0 Å². The third kappa shape index (κ3) is 5.00. The van der Waals surface area contributed by atoms with Crippen molar-refractivity contribution in [1.29, 1.82) is 0 Å². The third-order valence-electron chi connectivity index (χ3n) is 2.21. The van der Waals surface area contributed by atoms with E-state index in [9.17, 15) is 9.59 Å². The smallest absolute Gasteiger partial charge is 0.327 e. The maximum absolute atomic E-state index is 11.6. The zero-order chi connectivity index (χ0) is 15.1. The van der Waals surface area contributed by atoms with Gasteiger partial charge in [-0.3, -0.25) is 4.79 Å². The molecule has 1 aromatic carbocycles. The van der Waals surface area contributed by atoms with E-state index in [1.165, 1.54) is 12.1 Å². The molecule has 0 spiro atoms. The molecule has 0 saturated heterocycles. The van der Waals surface area contributed by atoms with Crippen LogP contribution in [-0.2, 0) is 9.59 Å². The molecule has 1 amide bonds. The lowest BCUT2D eigenvalue weighted by Crippen LogP contribution is -2.42. The van der Waals surface area contributed by atoms with Crippen molar-refractivity contribution in [3.05, 3.63) is 28.2 Å². The van der Waals surface area contributed by atoms with E-state index in [0.717, 1.165) is 0 Å². The Labute approximate surface area is 125 Å². The molecule has 0 bridgehead atoms. The van der Waals surface area contributed by atoms with Crippen molar-refractivity contribution in [3.63, 3.8) is 0 Å². The lowest BCUT2D eigenvalue weighted by atomic mass is 10.2. The van der Waals surface area contributed by atoms with Gasteiger partial charge < -0.3 is 15.2 Å². The van der Waals surface area contributed by atoms with E-state index in [1.807, 2.05) is 0 Å². The second-order valence-corrected chi connectivity index (χ2v) is 4.57. The minimum absolute atomic E-state index is 0.112. The Kier molecular flexibility index (Phi) is 6.16. The maximum Gasteiger partial charge on any atom is 0.327 e. The van der Waals surface area contributed by atoms with Crippen LogP contribution in [-0.4, -0.2) is 29.6 Å². The molecule has 1 rings (SSSR count). The van der Waals surface area contributed by atoms with Crippen molar-refractivity contribution in [2.75, 3.05) is 6.61 Å². The summed E-state index contributed by atoms with van der Waals surface area (Å²) in [5.41, 5.74) is 0. The van der Waals surface area contributed by atoms with Crippen LogP contribution in [0.2, 0.25) is 10.0 Å². The molecule has 0 fully saturated rings. The molecule has 106 valence electrons. The summed E-state index contributed by atoms with van der Waals surface area (Å²) in [6.07, 6.45) is 4.90. The number of aliphatic carboxylic acids is 1. The van der Waals surface area contributed by atoms with E-state index in [-0.39, 0.29) is 12.2 Å². The molecule has 7 heteroatoms. The number of carboxylic acids is 1. The summed E-state index contributed by atoms with van der Waals surface area (Å²) in [5, 5.41) is 11.8. The Morgan fingerprint density at radius 2 is 2.15 bits per heavy atom. The number of carboxylic acid groups (broad SMARTS) is 1. The largest absolute Gasteiger partial charge is 0.482 e. The van der Waals surface area contributed by atoms with Gasteiger partial charge in [-0.05, 0) is 12.1 Å². The van der Waals surface area contributed by atoms with Crippen molar-refractivity contribution in [2.45, 2.75) is 12.5 Å². The summed E-state index contributed by atoms with van der Waals surface area (Å²) in [6.45, 7) is -0.394. The maximum atomic E-state index is 11.6. The molecular formula is C13H11Cl2NO4. The van der Waals surface area contributed by atoms with Crippen LogP contribution in [0.5, 0.6) is 5.75 Å². The van der Waals surface area contributed by atoms with Gasteiger partial charge in [-0.25, -0.2) is 4.79 Å². The molecule has 5 nitrogen and oxygen atoms in total. The number of hydrogen-bond donors (Lipinski definition) is 2. The lowest BCUT2D eigenvalue weighted by Gasteiger charge is -2.13. The Morgan fingerprint density at radius 1 is 1.45 bits per heavy atom. The first-order valence-electron chi connectivity index (χ1n) is 5.47. The number of terminal acetylenes is 1. The molecule has 0 aliphatic carbocycles. The van der Waals surface area contributed by atoms with E-state index in [0.29, 0.717) is 10.0 Å². The lowest BCUT2D eigenvalue weighted by molar-refractivity contribution is -0.141. The highest BCUT2D eigenvalue weighted by Gasteiger charge is 2.19. The van der Waals surface area contributed by atoms with Gasteiger partial charge in [0.05, 0.1) is 5.02 Å². The van der Waals surface area contributed by atoms with Crippen molar-refractivity contribution >= 4 is 35.1 Å². The Hall–Kier alpha value is -1.90. The molecule has 0 heterocycles. The standard InChI is InChI=1S/C13H11Cl2NO4/c1-2-3-10(13(18)19)16-12(17)7-20-11-6-8(14)4-5-9(11)15/h1,4-6,10H,3,7H2,(H,16,17)(H,18,19). The predicted molar refractivity (Wildman–Crippen MR) is 75.0 cm³/mol. The molecule has 0 radical (unpaired) electrons. The molecule has 0 saturated carbocycles. The van der Waals surface area contributed by atoms with Crippen LogP contribution < -0.4 is 10.1 Å². The van der Waals surface area contributed by atoms with Gasteiger partial charge in [0.2, 0.25) is 0 Å². The van der Waals surface area contributed by atoms with Crippen molar-refractivity contribution < 1.29 is 19.4 Å². The normalized spacial score (nSPS) is 11.2. The summed E-state index contributed by atoms with van der Waals surface area (Å²) in [7, 11) is 0. The van der Waals surface area contributed by atoms with Crippen LogP contribution in [0.3, 0.4) is 0 Å². The minimum atomic E-state index is -1.21. The van der Waals surface area contributed by atoms with Gasteiger partial charge in [-0.2, -0.15) is 0 Å². The summed E-state index contributed by atoms with van der Waals surface area (Å²) in [4.78, 5) is 22.4. The van der Waals surface area contributed by atoms with Crippen LogP contribution in [0.1, 0.15) is 6.42 Å². The van der Waals surface area contributed by atoms with Crippen LogP contribution in [0.4, 0.5) is 0 Å². The van der Waals surface area contributed by atoms with Gasteiger partial charge in [0.15, 0.2) is 6.61 Å². The van der Waals surface area contributed by atoms with Crippen molar-refractivity contribution in [3.8, 4) is 18.1 Å². The topological polar surface area (TPSA) is 75.6 Å². The number of hydrogen-bond acceptors (Lipinski definition) is 3. The molecule has 20 heavy (non-hydrogen) atoms. The zero-order valence-corrected chi connectivity index (χ0v) is 11.7. The average Bonchev–Trinajstić information content (AvgIpc) is 2.39. The number of carbonyl (C=O) groups is 2. The van der Waals surface area contributed by atoms with Gasteiger partial charge in [0.25, 0.3) is 5.91 Å². The Bertz CT molecular complexity index is 554. The number of benzene rings is 1. The highest BCUT2D eigenvalue weighted by molar-refractivity contribution is 6.34. The fourth-order valence-corrected chi connectivity index (χ4v) is 1.62. The number of nitrogens with one attached hydrogen (secondary N) is 1. The minimum Gasteiger partial charge on any atom is -0.482 e. The fraction of sp³-hybridized carbons (Fsp3) is 0.231. The summed E-state index contributed by atoms with van der Waals surface area (Å²) in [6, 6.07) is 3.40. The summed E-state index contributed by atoms with van der Waals surface area (Å²) >= 11 is 11.6. The molecular weight excluding hydrogens is 305 g/mol. The van der Waals surface area contributed by atoms with E-state index in [2.05, 4.69) is 11.2 Å². The van der Waals surface area contributed by atoms with E-state index in [1.54, 1.807) is 6.07 Å². The van der Waals surface area contributed by atoms with Gasteiger partial charge >= 0.3 is 5.97 Å². The fourth-order valence-electron chi connectivity index (χ4n) is 1.29. The highest BCUT2D eigenvalue weighted by atomic mass is 35.5. The second-order valence-electron chi connectivity index (χ2n) is 3.73. The number of carbonyl (C=O) groups excluding carboxylic acids is 1. The first-order chi connectivity index (χ1) is 9.43. The zero-order valence-electron chi connectivity index (χ0n) is 10.2. The number of amides is 1. The highest BCUT2D eigenvalue weighted by Crippen LogP contribution is 2.27. The van der Waals surface area contributed by atoms with Crippen LogP contribution in [0, 0.1) is 12.3 Å². The number of halogens is 2. The SMILES string of the molecule is C#CCC(NC(=O)COc1cc(Cl)ccc1Cl)C(=O)O. The van der Waals surface area contributed by atoms with Gasteiger partial charge in [0, 0.05) is 17.5 Å². The monoisotopic (exact) mass is 315 g/mol. The summed E-state index contributed by atoms with van der Waals surface area (Å²) in [5.74, 6) is 0.572. The molecule has 0 aliphatic rings. The molecule has 1 aromatic rings. The van der Waals surface area contributed by atoms with Gasteiger partial charge in [-0.15, -0.1) is 12.3 Å². The Balaban J connectivity index is 2.57. The molecule has 0 aliphatic heterocycles. The van der Waals surface area contributed by atoms with Crippen LogP contribution in [0.25, 0.3) is 0 Å². The molecule has 1 atom stereocenters.